The predicted octanol–water partition coefficient (Wildman–Crippen LogP) is 4.09. The Bertz CT molecular complexity index is 1080. The molecule has 0 saturated carbocycles. The van der Waals surface area contributed by atoms with E-state index in [2.05, 4.69) is 33.7 Å². The van der Waals surface area contributed by atoms with Crippen molar-refractivity contribution in [3.63, 3.8) is 0 Å². The molecule has 0 atom stereocenters. The normalized spacial score (nSPS) is 14.9. The second-order valence-corrected chi connectivity index (χ2v) is 7.92. The van der Waals surface area contributed by atoms with Crippen LogP contribution in [0.5, 0.6) is 11.5 Å². The molecule has 1 saturated heterocycles. The third-order valence-corrected chi connectivity index (χ3v) is 6.07. The summed E-state index contributed by atoms with van der Waals surface area (Å²) in [5.74, 6) is 1.29. The highest BCUT2D eigenvalue weighted by Gasteiger charge is 2.22. The Morgan fingerprint density at radius 2 is 1.57 bits per heavy atom. The van der Waals surface area contributed by atoms with Gasteiger partial charge < -0.3 is 24.7 Å². The van der Waals surface area contributed by atoms with E-state index in [-0.39, 0.29) is 5.78 Å². The van der Waals surface area contributed by atoms with Crippen LogP contribution in [0.2, 0.25) is 0 Å². The van der Waals surface area contributed by atoms with Crippen LogP contribution < -0.4 is 20.1 Å². The summed E-state index contributed by atoms with van der Waals surface area (Å²) in [5, 5.41) is 0.867. The van der Waals surface area contributed by atoms with Gasteiger partial charge in [-0.25, -0.2) is 0 Å². The van der Waals surface area contributed by atoms with Gasteiger partial charge in [0.05, 0.1) is 19.7 Å². The van der Waals surface area contributed by atoms with Crippen molar-refractivity contribution in [2.24, 2.45) is 5.73 Å². The minimum Gasteiger partial charge on any atom is -0.493 e. The maximum absolute atomic E-state index is 12.5. The molecule has 0 radical (unpaired) electrons. The molecule has 2 aromatic carbocycles. The number of rotatable bonds is 5. The van der Waals surface area contributed by atoms with E-state index in [1.54, 1.807) is 21.1 Å². The van der Waals surface area contributed by atoms with Crippen LogP contribution in [0.4, 0.5) is 5.69 Å². The number of benzene rings is 2. The molecule has 0 bridgehead atoms. The van der Waals surface area contributed by atoms with E-state index >= 15 is 0 Å². The first-order chi connectivity index (χ1) is 14.4. The van der Waals surface area contributed by atoms with E-state index in [0.29, 0.717) is 23.1 Å². The van der Waals surface area contributed by atoms with Crippen LogP contribution in [-0.2, 0) is 0 Å². The molecule has 3 aromatic rings. The first-order valence-corrected chi connectivity index (χ1v) is 10.3. The molecule has 6 nitrogen and oxygen atoms in total. The van der Waals surface area contributed by atoms with Crippen molar-refractivity contribution in [1.29, 1.82) is 0 Å². The summed E-state index contributed by atoms with van der Waals surface area (Å²) in [7, 11) is 3.22. The Labute approximate surface area is 177 Å². The number of aromatic nitrogens is 1. The van der Waals surface area contributed by atoms with Crippen LogP contribution >= 0.6 is 0 Å². The van der Waals surface area contributed by atoms with Gasteiger partial charge in [-0.15, -0.1) is 0 Å². The number of nitrogens with zero attached hydrogens (tertiary/aromatic N) is 2. The summed E-state index contributed by atoms with van der Waals surface area (Å²) in [6.07, 6.45) is 2.04. The maximum Gasteiger partial charge on any atom is 0.162 e. The molecule has 1 fully saturated rings. The summed E-state index contributed by atoms with van der Waals surface area (Å²) in [5.41, 5.74) is 10.8. The summed E-state index contributed by atoms with van der Waals surface area (Å²) in [6.45, 7) is 5.55. The molecule has 1 aliphatic rings. The quantitative estimate of drug-likeness (QED) is 0.645. The Morgan fingerprint density at radius 3 is 2.13 bits per heavy atom. The number of anilines is 1. The monoisotopic (exact) mass is 407 g/mol. The number of ether oxygens (including phenoxy) is 2. The van der Waals surface area contributed by atoms with Crippen LogP contribution in [0.25, 0.3) is 16.6 Å². The van der Waals surface area contributed by atoms with E-state index in [1.165, 1.54) is 5.69 Å². The van der Waals surface area contributed by atoms with Crippen LogP contribution in [0, 0.1) is 6.92 Å². The molecule has 30 heavy (non-hydrogen) atoms. The van der Waals surface area contributed by atoms with Crippen LogP contribution in [0.1, 0.15) is 35.8 Å². The van der Waals surface area contributed by atoms with E-state index in [9.17, 15) is 4.79 Å². The van der Waals surface area contributed by atoms with Gasteiger partial charge in [-0.1, -0.05) is 0 Å². The summed E-state index contributed by atoms with van der Waals surface area (Å²) in [4.78, 5) is 14.8. The molecule has 1 aromatic heterocycles. The average molecular weight is 408 g/mol. The number of fused-ring (bicyclic) bond motifs is 1. The lowest BCUT2D eigenvalue weighted by Crippen LogP contribution is -2.39. The van der Waals surface area contributed by atoms with Gasteiger partial charge in [0.25, 0.3) is 0 Å². The van der Waals surface area contributed by atoms with Crippen molar-refractivity contribution in [2.75, 3.05) is 32.2 Å². The second-order valence-electron chi connectivity index (χ2n) is 7.92. The first-order valence-electron chi connectivity index (χ1n) is 10.3. The van der Waals surface area contributed by atoms with Crippen molar-refractivity contribution < 1.29 is 14.3 Å². The Balaban J connectivity index is 1.82. The molecule has 158 valence electrons. The van der Waals surface area contributed by atoms with E-state index in [4.69, 9.17) is 15.2 Å². The van der Waals surface area contributed by atoms with Crippen molar-refractivity contribution in [3.05, 3.63) is 47.7 Å². The van der Waals surface area contributed by atoms with E-state index < -0.39 is 0 Å². The number of ketones is 1. The largest absolute Gasteiger partial charge is 0.493 e. The molecule has 2 heterocycles. The van der Waals surface area contributed by atoms with Gasteiger partial charge >= 0.3 is 0 Å². The number of methoxy groups -OCH3 is 2. The fraction of sp³-hybridized carbons (Fsp3) is 0.375. The van der Waals surface area contributed by atoms with Gasteiger partial charge in [-0.2, -0.15) is 0 Å². The molecule has 6 heteroatoms. The molecule has 0 spiro atoms. The predicted molar refractivity (Wildman–Crippen MR) is 121 cm³/mol. The Hall–Kier alpha value is -2.99. The number of hydrogen-bond acceptors (Lipinski definition) is 5. The number of Topliss-reactive ketones (excluding diaryl/α,β-unsaturated/α-hetero) is 1. The second kappa shape index (κ2) is 8.03. The lowest BCUT2D eigenvalue weighted by atomic mass is 10.1. The highest BCUT2D eigenvalue weighted by atomic mass is 16.5. The molecule has 2 N–H and O–H groups in total. The topological polar surface area (TPSA) is 69.7 Å². The third-order valence-electron chi connectivity index (χ3n) is 6.07. The molecule has 0 amide bonds. The van der Waals surface area contributed by atoms with Gasteiger partial charge in [0.15, 0.2) is 17.3 Å². The lowest BCUT2D eigenvalue weighted by Gasteiger charge is -2.32. The van der Waals surface area contributed by atoms with Crippen molar-refractivity contribution in [2.45, 2.75) is 32.7 Å². The number of hydrogen-bond donors (Lipinski definition) is 1. The summed E-state index contributed by atoms with van der Waals surface area (Å²) >= 11 is 0. The van der Waals surface area contributed by atoms with Crippen LogP contribution in [-0.4, -0.2) is 43.7 Å². The molecule has 0 unspecified atom stereocenters. The molecule has 4 rings (SSSR count). The zero-order valence-electron chi connectivity index (χ0n) is 18.1. The minimum absolute atomic E-state index is 0.0322. The van der Waals surface area contributed by atoms with Gasteiger partial charge in [-0.3, -0.25) is 4.79 Å². The maximum atomic E-state index is 12.5. The SMILES string of the molecule is COc1cc2c(C(C)=O)c(C)n(-c3ccc(N4CCC(N)CC4)cc3)c2cc1OC. The summed E-state index contributed by atoms with van der Waals surface area (Å²) in [6, 6.07) is 12.6. The van der Waals surface area contributed by atoms with Crippen molar-refractivity contribution in [3.8, 4) is 17.2 Å². The minimum atomic E-state index is 0.0322. The number of nitrogens with two attached hydrogens (primary N) is 1. The third kappa shape index (κ3) is 3.41. The van der Waals surface area contributed by atoms with Gasteiger partial charge in [-0.05, 0) is 57.0 Å². The molecule has 0 aliphatic carbocycles. The standard InChI is InChI=1S/C24H29N3O3/c1-15-24(16(2)28)20-13-22(29-3)23(30-4)14-21(20)27(15)19-7-5-18(6-8-19)26-11-9-17(25)10-12-26/h5-8,13-14,17H,9-12,25H2,1-4H3. The van der Waals surface area contributed by atoms with E-state index in [0.717, 1.165) is 48.2 Å². The Morgan fingerprint density at radius 1 is 1.00 bits per heavy atom. The van der Waals surface area contributed by atoms with Crippen molar-refractivity contribution in [1.82, 2.24) is 4.57 Å². The first kappa shape index (κ1) is 20.3. The smallest absolute Gasteiger partial charge is 0.162 e. The average Bonchev–Trinajstić information content (AvgIpc) is 3.04. The van der Waals surface area contributed by atoms with Gasteiger partial charge in [0, 0.05) is 53.2 Å². The number of carbonyl (C=O) groups is 1. The van der Waals surface area contributed by atoms with Crippen molar-refractivity contribution >= 4 is 22.4 Å². The van der Waals surface area contributed by atoms with Gasteiger partial charge in [0.2, 0.25) is 0 Å². The van der Waals surface area contributed by atoms with Crippen LogP contribution in [0.3, 0.4) is 0 Å². The molecular formula is C24H29N3O3. The lowest BCUT2D eigenvalue weighted by molar-refractivity contribution is 0.101. The van der Waals surface area contributed by atoms with E-state index in [1.807, 2.05) is 19.1 Å². The highest BCUT2D eigenvalue weighted by Crippen LogP contribution is 2.38. The fourth-order valence-corrected chi connectivity index (χ4v) is 4.49. The fourth-order valence-electron chi connectivity index (χ4n) is 4.49. The highest BCUT2D eigenvalue weighted by molar-refractivity contribution is 6.09. The number of piperidine rings is 1. The number of carbonyl (C=O) groups excluding carboxylic acids is 1. The molecule has 1 aliphatic heterocycles. The van der Waals surface area contributed by atoms with Crippen LogP contribution in [0.15, 0.2) is 36.4 Å². The summed E-state index contributed by atoms with van der Waals surface area (Å²) < 4.78 is 13.1. The van der Waals surface area contributed by atoms with Gasteiger partial charge in [0.1, 0.15) is 0 Å². The zero-order chi connectivity index (χ0) is 21.4. The molecular weight excluding hydrogens is 378 g/mol. The zero-order valence-corrected chi connectivity index (χ0v) is 18.1. The Kier molecular flexibility index (Phi) is 5.43.